The van der Waals surface area contributed by atoms with E-state index in [1.165, 1.54) is 11.8 Å². The minimum absolute atomic E-state index is 0. The summed E-state index contributed by atoms with van der Waals surface area (Å²) in [6, 6.07) is 2.79. The Hall–Kier alpha value is -0.560. The van der Waals surface area contributed by atoms with E-state index < -0.39 is 12.0 Å². The van der Waals surface area contributed by atoms with Crippen LogP contribution in [0.3, 0.4) is 0 Å². The van der Waals surface area contributed by atoms with Gasteiger partial charge in [0, 0.05) is 16.8 Å². The molecule has 84 valence electrons. The molecular formula is C8H11ClN2O2S2. The molecule has 1 aromatic rings. The number of hydrogen-bond donors (Lipinski definition) is 3. The first-order chi connectivity index (χ1) is 6.61. The molecule has 0 unspecified atom stereocenters. The van der Waals surface area contributed by atoms with Crippen molar-refractivity contribution >= 4 is 42.4 Å². The highest BCUT2D eigenvalue weighted by atomic mass is 35.5. The Kier molecular flexibility index (Phi) is 6.58. The van der Waals surface area contributed by atoms with Crippen LogP contribution in [0, 0.1) is 4.64 Å². The maximum atomic E-state index is 10.4. The normalized spacial score (nSPS) is 11.5. The highest BCUT2D eigenvalue weighted by Crippen LogP contribution is 2.18. The zero-order valence-electron chi connectivity index (χ0n) is 7.67. The fourth-order valence-electron chi connectivity index (χ4n) is 0.771. The molecule has 1 heterocycles. The van der Waals surface area contributed by atoms with Crippen molar-refractivity contribution < 1.29 is 9.90 Å². The van der Waals surface area contributed by atoms with Gasteiger partial charge in [-0.15, -0.1) is 24.2 Å². The second-order valence-corrected chi connectivity index (χ2v) is 4.09. The van der Waals surface area contributed by atoms with Crippen LogP contribution in [0.1, 0.15) is 0 Å². The lowest BCUT2D eigenvalue weighted by Crippen LogP contribution is -2.32. The Morgan fingerprint density at radius 2 is 2.40 bits per heavy atom. The van der Waals surface area contributed by atoms with Crippen molar-refractivity contribution in [2.75, 3.05) is 5.75 Å². The number of rotatable bonds is 4. The molecule has 1 rings (SSSR count). The number of nitrogens with two attached hydrogens (primary N) is 1. The summed E-state index contributed by atoms with van der Waals surface area (Å²) in [7, 11) is 0. The van der Waals surface area contributed by atoms with E-state index in [2.05, 4.69) is 4.98 Å². The quantitative estimate of drug-likeness (QED) is 0.571. The number of aliphatic carboxylic acids is 1. The van der Waals surface area contributed by atoms with Crippen LogP contribution in [0.25, 0.3) is 0 Å². The zero-order chi connectivity index (χ0) is 10.6. The highest BCUT2D eigenvalue weighted by Gasteiger charge is 2.11. The second kappa shape index (κ2) is 6.84. The molecular weight excluding hydrogens is 256 g/mol. The van der Waals surface area contributed by atoms with Gasteiger partial charge in [-0.1, -0.05) is 12.2 Å². The second-order valence-electron chi connectivity index (χ2n) is 2.62. The van der Waals surface area contributed by atoms with E-state index in [9.17, 15) is 4.79 Å². The van der Waals surface area contributed by atoms with Crippen LogP contribution in [0.15, 0.2) is 23.2 Å². The average Bonchev–Trinajstić information content (AvgIpc) is 2.16. The largest absolute Gasteiger partial charge is 0.480 e. The van der Waals surface area contributed by atoms with E-state index >= 15 is 0 Å². The Balaban J connectivity index is 0.00000196. The van der Waals surface area contributed by atoms with Crippen molar-refractivity contribution in [2.45, 2.75) is 10.9 Å². The lowest BCUT2D eigenvalue weighted by molar-refractivity contribution is -0.137. The number of carbonyl (C=O) groups is 1. The minimum atomic E-state index is -0.997. The number of halogens is 1. The van der Waals surface area contributed by atoms with Crippen molar-refractivity contribution in [2.24, 2.45) is 5.73 Å². The minimum Gasteiger partial charge on any atom is -0.480 e. The third-order valence-electron chi connectivity index (χ3n) is 1.52. The van der Waals surface area contributed by atoms with Crippen molar-refractivity contribution in [3.05, 3.63) is 23.0 Å². The molecule has 0 aromatic carbocycles. The van der Waals surface area contributed by atoms with E-state index in [4.69, 9.17) is 23.1 Å². The van der Waals surface area contributed by atoms with E-state index in [1.54, 1.807) is 6.20 Å². The van der Waals surface area contributed by atoms with E-state index in [-0.39, 0.29) is 12.4 Å². The Morgan fingerprint density at radius 1 is 1.73 bits per heavy atom. The number of carboxylic acid groups (broad SMARTS) is 1. The Labute approximate surface area is 103 Å². The van der Waals surface area contributed by atoms with Gasteiger partial charge in [0.1, 0.15) is 10.7 Å². The summed E-state index contributed by atoms with van der Waals surface area (Å²) in [4.78, 5) is 14.1. The highest BCUT2D eigenvalue weighted by molar-refractivity contribution is 7.99. The molecule has 0 amide bonds. The number of aromatic amines is 1. The molecule has 0 radical (unpaired) electrons. The summed E-state index contributed by atoms with van der Waals surface area (Å²) in [5, 5.41) is 8.56. The van der Waals surface area contributed by atoms with E-state index in [0.717, 1.165) is 4.90 Å². The van der Waals surface area contributed by atoms with Gasteiger partial charge in [0.05, 0.1) is 0 Å². The number of aromatic nitrogens is 1. The van der Waals surface area contributed by atoms with Gasteiger partial charge in [0.25, 0.3) is 0 Å². The fourth-order valence-corrected chi connectivity index (χ4v) is 1.95. The standard InChI is InChI=1S/C8H10N2O2S2.ClH/c9-5(8(11)12)4-14-6-2-1-3-10-7(6)13;/h1-3,5H,4,9H2,(H,10,13)(H,11,12);1H/t5-;/m0./s1. The maximum absolute atomic E-state index is 10.4. The van der Waals surface area contributed by atoms with Crippen molar-refractivity contribution in [3.63, 3.8) is 0 Å². The number of nitrogens with one attached hydrogen (secondary N) is 1. The molecule has 7 heteroatoms. The summed E-state index contributed by atoms with van der Waals surface area (Å²) in [6.07, 6.45) is 1.73. The predicted molar refractivity (Wildman–Crippen MR) is 65.2 cm³/mol. The summed E-state index contributed by atoms with van der Waals surface area (Å²) >= 11 is 6.35. The molecule has 15 heavy (non-hydrogen) atoms. The SMILES string of the molecule is Cl.N[C@@H](CSc1ccc[nH]c1=S)C(=O)O. The summed E-state index contributed by atoms with van der Waals surface area (Å²) in [5.74, 6) is -0.681. The number of carboxylic acids is 1. The molecule has 0 fully saturated rings. The molecule has 0 spiro atoms. The number of thioether (sulfide) groups is 1. The molecule has 0 bridgehead atoms. The first-order valence-corrected chi connectivity index (χ1v) is 5.29. The molecule has 0 saturated carbocycles. The molecule has 0 aliphatic carbocycles. The van der Waals surface area contributed by atoms with Crippen LogP contribution < -0.4 is 5.73 Å². The maximum Gasteiger partial charge on any atom is 0.321 e. The molecule has 0 aliphatic heterocycles. The summed E-state index contributed by atoms with van der Waals surface area (Å²) < 4.78 is 0.607. The lowest BCUT2D eigenvalue weighted by atomic mass is 10.4. The van der Waals surface area contributed by atoms with Gasteiger partial charge in [-0.05, 0) is 12.1 Å². The van der Waals surface area contributed by atoms with Crippen LogP contribution >= 0.6 is 36.4 Å². The molecule has 1 atom stereocenters. The summed E-state index contributed by atoms with van der Waals surface area (Å²) in [6.45, 7) is 0. The van der Waals surface area contributed by atoms with E-state index in [1.807, 2.05) is 12.1 Å². The monoisotopic (exact) mass is 266 g/mol. The average molecular weight is 267 g/mol. The van der Waals surface area contributed by atoms with E-state index in [0.29, 0.717) is 10.4 Å². The van der Waals surface area contributed by atoms with Crippen molar-refractivity contribution in [1.82, 2.24) is 4.98 Å². The lowest BCUT2D eigenvalue weighted by Gasteiger charge is -2.05. The van der Waals surface area contributed by atoms with Gasteiger partial charge in [0.2, 0.25) is 0 Å². The van der Waals surface area contributed by atoms with Crippen LogP contribution in [-0.2, 0) is 4.79 Å². The van der Waals surface area contributed by atoms with Crippen molar-refractivity contribution in [1.29, 1.82) is 0 Å². The smallest absolute Gasteiger partial charge is 0.321 e. The van der Waals surface area contributed by atoms with Gasteiger partial charge >= 0.3 is 5.97 Å². The van der Waals surface area contributed by atoms with Gasteiger partial charge in [-0.25, -0.2) is 0 Å². The topological polar surface area (TPSA) is 79.1 Å². The summed E-state index contributed by atoms with van der Waals surface area (Å²) in [5.41, 5.74) is 5.35. The molecule has 4 N–H and O–H groups in total. The first kappa shape index (κ1) is 14.4. The number of H-pyrrole nitrogens is 1. The van der Waals surface area contributed by atoms with Crippen LogP contribution in [0.5, 0.6) is 0 Å². The van der Waals surface area contributed by atoms with Crippen LogP contribution in [-0.4, -0.2) is 27.9 Å². The molecule has 0 aliphatic rings. The Bertz CT molecular complexity index is 383. The molecule has 1 aromatic heterocycles. The van der Waals surface area contributed by atoms with Crippen LogP contribution in [0.4, 0.5) is 0 Å². The number of hydrogen-bond acceptors (Lipinski definition) is 4. The number of pyridine rings is 1. The fraction of sp³-hybridized carbons (Fsp3) is 0.250. The molecule has 0 saturated heterocycles. The zero-order valence-corrected chi connectivity index (χ0v) is 10.1. The Morgan fingerprint density at radius 3 is 2.93 bits per heavy atom. The predicted octanol–water partition coefficient (Wildman–Crippen LogP) is 1.67. The van der Waals surface area contributed by atoms with Crippen LogP contribution in [0.2, 0.25) is 0 Å². The molecule has 4 nitrogen and oxygen atoms in total. The van der Waals surface area contributed by atoms with Gasteiger partial charge in [-0.2, -0.15) is 0 Å². The third-order valence-corrected chi connectivity index (χ3v) is 3.16. The third kappa shape index (κ3) is 4.65. The van der Waals surface area contributed by atoms with Gasteiger partial charge in [-0.3, -0.25) is 4.79 Å². The van der Waals surface area contributed by atoms with Gasteiger partial charge < -0.3 is 15.8 Å². The van der Waals surface area contributed by atoms with Gasteiger partial charge in [0.15, 0.2) is 0 Å². The first-order valence-electron chi connectivity index (χ1n) is 3.90. The van der Waals surface area contributed by atoms with Crippen molar-refractivity contribution in [3.8, 4) is 0 Å².